The van der Waals surface area contributed by atoms with Crippen molar-refractivity contribution in [3.63, 3.8) is 0 Å². The first-order valence-electron chi connectivity index (χ1n) is 5.59. The average Bonchev–Trinajstić information content (AvgIpc) is 2.46. The Morgan fingerprint density at radius 1 is 1.27 bits per heavy atom. The van der Waals surface area contributed by atoms with Crippen LogP contribution in [-0.4, -0.2) is 26.2 Å². The van der Waals surface area contributed by atoms with Gasteiger partial charge in [-0.3, -0.25) is 0 Å². The number of nitrogens with zero attached hydrogens (tertiary/aromatic N) is 1. The lowest BCUT2D eigenvalue weighted by Crippen LogP contribution is -2.28. The zero-order valence-electron chi connectivity index (χ0n) is 9.29. The summed E-state index contributed by atoms with van der Waals surface area (Å²) in [5, 5.41) is 3.41. The average molecular weight is 205 g/mol. The Hall–Kier alpha value is -1.22. The molecule has 0 saturated carbocycles. The fourth-order valence-corrected chi connectivity index (χ4v) is 2.12. The number of benzene rings is 1. The largest absolute Gasteiger partial charge is 0.399 e. The molecule has 1 aromatic carbocycles. The molecule has 0 atom stereocenters. The van der Waals surface area contributed by atoms with Gasteiger partial charge in [0.05, 0.1) is 0 Å². The van der Waals surface area contributed by atoms with Gasteiger partial charge in [0.25, 0.3) is 0 Å². The number of rotatable bonds is 1. The molecule has 3 heteroatoms. The van der Waals surface area contributed by atoms with E-state index in [1.54, 1.807) is 0 Å². The lowest BCUT2D eigenvalue weighted by Gasteiger charge is -2.24. The number of anilines is 2. The van der Waals surface area contributed by atoms with Gasteiger partial charge in [-0.2, -0.15) is 0 Å². The molecule has 1 saturated heterocycles. The van der Waals surface area contributed by atoms with Crippen molar-refractivity contribution < 1.29 is 0 Å². The second-order valence-electron chi connectivity index (χ2n) is 4.14. The van der Waals surface area contributed by atoms with Crippen molar-refractivity contribution in [2.45, 2.75) is 13.3 Å². The Balaban J connectivity index is 2.19. The van der Waals surface area contributed by atoms with Crippen LogP contribution in [0.5, 0.6) is 0 Å². The minimum atomic E-state index is 0.851. The van der Waals surface area contributed by atoms with E-state index in [1.165, 1.54) is 17.7 Å². The Labute approximate surface area is 91.3 Å². The third-order valence-corrected chi connectivity index (χ3v) is 2.90. The van der Waals surface area contributed by atoms with Gasteiger partial charge in [0.1, 0.15) is 0 Å². The summed E-state index contributed by atoms with van der Waals surface area (Å²) in [6, 6.07) is 6.17. The van der Waals surface area contributed by atoms with Gasteiger partial charge in [-0.15, -0.1) is 0 Å². The summed E-state index contributed by atoms with van der Waals surface area (Å²) >= 11 is 0. The van der Waals surface area contributed by atoms with E-state index in [-0.39, 0.29) is 0 Å². The smallest absolute Gasteiger partial charge is 0.0397 e. The molecule has 2 rings (SSSR count). The van der Waals surface area contributed by atoms with Gasteiger partial charge < -0.3 is 16.0 Å². The molecule has 0 aliphatic carbocycles. The molecule has 0 aromatic heterocycles. The number of hydrogen-bond donors (Lipinski definition) is 2. The van der Waals surface area contributed by atoms with Crippen LogP contribution in [0, 0.1) is 6.92 Å². The third kappa shape index (κ3) is 2.42. The number of hydrogen-bond acceptors (Lipinski definition) is 3. The van der Waals surface area contributed by atoms with Crippen LogP contribution < -0.4 is 16.0 Å². The fourth-order valence-electron chi connectivity index (χ4n) is 2.12. The van der Waals surface area contributed by atoms with Crippen LogP contribution in [0.1, 0.15) is 12.0 Å². The van der Waals surface area contributed by atoms with Crippen molar-refractivity contribution in [1.82, 2.24) is 5.32 Å². The third-order valence-electron chi connectivity index (χ3n) is 2.90. The minimum absolute atomic E-state index is 0.851. The highest BCUT2D eigenvalue weighted by Gasteiger charge is 2.11. The first kappa shape index (κ1) is 10.3. The summed E-state index contributed by atoms with van der Waals surface area (Å²) in [5.41, 5.74) is 9.21. The molecular formula is C12H19N3. The molecule has 1 fully saturated rings. The second kappa shape index (κ2) is 4.53. The summed E-state index contributed by atoms with van der Waals surface area (Å²) in [6.45, 7) is 6.56. The Bertz CT molecular complexity index is 328. The van der Waals surface area contributed by atoms with Crippen molar-refractivity contribution in [1.29, 1.82) is 0 Å². The number of nitrogens with one attached hydrogen (secondary N) is 1. The molecule has 1 aliphatic rings. The maximum absolute atomic E-state index is 5.76. The zero-order chi connectivity index (χ0) is 10.7. The van der Waals surface area contributed by atoms with Crippen molar-refractivity contribution in [3.05, 3.63) is 23.8 Å². The number of nitrogens with two attached hydrogens (primary N) is 1. The molecule has 1 heterocycles. The summed E-state index contributed by atoms with van der Waals surface area (Å²) in [4.78, 5) is 2.44. The van der Waals surface area contributed by atoms with Crippen LogP contribution in [0.2, 0.25) is 0 Å². The van der Waals surface area contributed by atoms with Crippen LogP contribution in [0.4, 0.5) is 11.4 Å². The maximum atomic E-state index is 5.76. The van der Waals surface area contributed by atoms with Crippen molar-refractivity contribution in [3.8, 4) is 0 Å². The fraction of sp³-hybridized carbons (Fsp3) is 0.500. The van der Waals surface area contributed by atoms with E-state index < -0.39 is 0 Å². The summed E-state index contributed by atoms with van der Waals surface area (Å²) in [6.07, 6.45) is 1.21. The summed E-state index contributed by atoms with van der Waals surface area (Å²) in [5.74, 6) is 0. The molecular weight excluding hydrogens is 186 g/mol. The second-order valence-corrected chi connectivity index (χ2v) is 4.14. The number of aryl methyl sites for hydroxylation is 1. The molecule has 0 unspecified atom stereocenters. The first-order valence-corrected chi connectivity index (χ1v) is 5.59. The molecule has 0 radical (unpaired) electrons. The highest BCUT2D eigenvalue weighted by atomic mass is 15.2. The van der Waals surface area contributed by atoms with Gasteiger partial charge in [0.15, 0.2) is 0 Å². The maximum Gasteiger partial charge on any atom is 0.0397 e. The monoisotopic (exact) mass is 205 g/mol. The standard InChI is InChI=1S/C12H19N3/c1-10-9-11(13)3-4-12(10)15-7-2-5-14-6-8-15/h3-4,9,14H,2,5-8,13H2,1H3. The van der Waals surface area contributed by atoms with Crippen LogP contribution in [-0.2, 0) is 0 Å². The van der Waals surface area contributed by atoms with E-state index in [1.807, 2.05) is 12.1 Å². The normalized spacial score (nSPS) is 17.5. The van der Waals surface area contributed by atoms with Gasteiger partial charge in [-0.25, -0.2) is 0 Å². The highest BCUT2D eigenvalue weighted by molar-refractivity contribution is 5.59. The van der Waals surface area contributed by atoms with Crippen LogP contribution >= 0.6 is 0 Å². The SMILES string of the molecule is Cc1cc(N)ccc1N1CCCNCC1. The Kier molecular flexibility index (Phi) is 3.11. The van der Waals surface area contributed by atoms with E-state index in [4.69, 9.17) is 5.73 Å². The van der Waals surface area contributed by atoms with Crippen molar-refractivity contribution in [2.75, 3.05) is 36.8 Å². The van der Waals surface area contributed by atoms with E-state index in [0.29, 0.717) is 0 Å². The van der Waals surface area contributed by atoms with Gasteiger partial charge in [-0.05, 0) is 43.7 Å². The van der Waals surface area contributed by atoms with Crippen molar-refractivity contribution >= 4 is 11.4 Å². The van der Waals surface area contributed by atoms with E-state index >= 15 is 0 Å². The van der Waals surface area contributed by atoms with E-state index in [0.717, 1.165) is 31.9 Å². The topological polar surface area (TPSA) is 41.3 Å². The summed E-state index contributed by atoms with van der Waals surface area (Å²) < 4.78 is 0. The van der Waals surface area contributed by atoms with Crippen molar-refractivity contribution in [2.24, 2.45) is 0 Å². The van der Waals surface area contributed by atoms with Gasteiger partial charge in [0, 0.05) is 31.0 Å². The molecule has 0 bridgehead atoms. The molecule has 15 heavy (non-hydrogen) atoms. The van der Waals surface area contributed by atoms with E-state index in [2.05, 4.69) is 23.2 Å². The molecule has 0 amide bonds. The van der Waals surface area contributed by atoms with Gasteiger partial charge in [0.2, 0.25) is 0 Å². The van der Waals surface area contributed by atoms with E-state index in [9.17, 15) is 0 Å². The Morgan fingerprint density at radius 3 is 2.93 bits per heavy atom. The predicted octanol–water partition coefficient (Wildman–Crippen LogP) is 1.38. The molecule has 1 aliphatic heterocycles. The van der Waals surface area contributed by atoms with Crippen LogP contribution in [0.25, 0.3) is 0 Å². The predicted molar refractivity (Wildman–Crippen MR) is 65.3 cm³/mol. The quantitative estimate of drug-likeness (QED) is 0.681. The van der Waals surface area contributed by atoms with Crippen LogP contribution in [0.15, 0.2) is 18.2 Å². The number of nitrogen functional groups attached to an aromatic ring is 1. The molecule has 82 valence electrons. The van der Waals surface area contributed by atoms with Crippen LogP contribution in [0.3, 0.4) is 0 Å². The minimum Gasteiger partial charge on any atom is -0.399 e. The zero-order valence-corrected chi connectivity index (χ0v) is 9.29. The molecule has 1 aromatic rings. The van der Waals surface area contributed by atoms with Gasteiger partial charge in [-0.1, -0.05) is 0 Å². The molecule has 3 nitrogen and oxygen atoms in total. The highest BCUT2D eigenvalue weighted by Crippen LogP contribution is 2.22. The molecule has 3 N–H and O–H groups in total. The lowest BCUT2D eigenvalue weighted by molar-refractivity contribution is 0.724. The lowest BCUT2D eigenvalue weighted by atomic mass is 10.1. The Morgan fingerprint density at radius 2 is 2.13 bits per heavy atom. The summed E-state index contributed by atoms with van der Waals surface area (Å²) in [7, 11) is 0. The van der Waals surface area contributed by atoms with Gasteiger partial charge >= 0.3 is 0 Å². The molecule has 0 spiro atoms. The first-order chi connectivity index (χ1) is 7.27.